The van der Waals surface area contributed by atoms with E-state index in [0.29, 0.717) is 13.0 Å². The third kappa shape index (κ3) is 3.79. The Morgan fingerprint density at radius 3 is 2.62 bits per heavy atom. The van der Waals surface area contributed by atoms with Gasteiger partial charge in [-0.2, -0.15) is 0 Å². The van der Waals surface area contributed by atoms with Crippen LogP contribution in [0.1, 0.15) is 19.3 Å². The summed E-state index contributed by atoms with van der Waals surface area (Å²) in [6.45, 7) is 0.142. The van der Waals surface area contributed by atoms with Gasteiger partial charge >= 0.3 is 5.97 Å². The van der Waals surface area contributed by atoms with Crippen LogP contribution in [0.25, 0.3) is 0 Å². The van der Waals surface area contributed by atoms with Crippen LogP contribution in [0, 0.1) is 0 Å². The van der Waals surface area contributed by atoms with Gasteiger partial charge in [0.1, 0.15) is 6.54 Å². The highest BCUT2D eigenvalue weighted by Crippen LogP contribution is 2.27. The highest BCUT2D eigenvalue weighted by molar-refractivity contribution is 5.85. The van der Waals surface area contributed by atoms with Gasteiger partial charge in [-0.05, 0) is 19.3 Å². The molecule has 0 aromatic rings. The number of carboxylic acid groups (broad SMARTS) is 1. The largest absolute Gasteiger partial charge is 0.480 e. The van der Waals surface area contributed by atoms with E-state index in [4.69, 9.17) is 15.6 Å². The van der Waals surface area contributed by atoms with Gasteiger partial charge in [-0.25, -0.2) is 0 Å². The fraction of sp³-hybridized carbons (Fsp3) is 0.800. The van der Waals surface area contributed by atoms with Crippen molar-refractivity contribution in [2.24, 2.45) is 5.73 Å². The molecular formula is C10H18N2O4. The Labute approximate surface area is 94.3 Å². The third-order valence-corrected chi connectivity index (χ3v) is 2.53. The molecule has 16 heavy (non-hydrogen) atoms. The molecule has 1 atom stereocenters. The molecular weight excluding hydrogens is 212 g/mol. The van der Waals surface area contributed by atoms with Crippen molar-refractivity contribution in [2.45, 2.75) is 31.3 Å². The number of methoxy groups -OCH3 is 1. The number of ether oxygens (including phenoxy) is 1. The first-order valence-corrected chi connectivity index (χ1v) is 5.33. The van der Waals surface area contributed by atoms with Crippen molar-refractivity contribution in [2.75, 3.05) is 20.3 Å². The number of carbonyl (C=O) groups excluding carboxylic acids is 1. The lowest BCUT2D eigenvalue weighted by atomic mass is 10.2. The van der Waals surface area contributed by atoms with Gasteiger partial charge in [0.05, 0.1) is 6.04 Å². The summed E-state index contributed by atoms with van der Waals surface area (Å²) in [5.41, 5.74) is 5.68. The highest BCUT2D eigenvalue weighted by Gasteiger charge is 2.35. The van der Waals surface area contributed by atoms with Gasteiger partial charge in [0.25, 0.3) is 0 Å². The average Bonchev–Trinajstić information content (AvgIpc) is 3.05. The van der Waals surface area contributed by atoms with E-state index in [9.17, 15) is 9.59 Å². The molecule has 0 spiro atoms. The summed E-state index contributed by atoms with van der Waals surface area (Å²) in [6.07, 6.45) is 2.16. The molecule has 0 heterocycles. The zero-order valence-corrected chi connectivity index (χ0v) is 9.39. The predicted octanol–water partition coefficient (Wildman–Crippen LogP) is -0.574. The van der Waals surface area contributed by atoms with Gasteiger partial charge in [-0.1, -0.05) is 0 Å². The third-order valence-electron chi connectivity index (χ3n) is 2.53. The van der Waals surface area contributed by atoms with Crippen LogP contribution in [0.3, 0.4) is 0 Å². The van der Waals surface area contributed by atoms with Crippen molar-refractivity contribution in [3.05, 3.63) is 0 Å². The number of aliphatic carboxylic acids is 1. The molecule has 6 heteroatoms. The summed E-state index contributed by atoms with van der Waals surface area (Å²) in [5, 5.41) is 8.71. The highest BCUT2D eigenvalue weighted by atomic mass is 16.5. The second kappa shape index (κ2) is 5.81. The van der Waals surface area contributed by atoms with Crippen molar-refractivity contribution in [3.8, 4) is 0 Å². The molecule has 0 saturated heterocycles. The molecule has 0 aliphatic heterocycles. The molecule has 3 N–H and O–H groups in total. The van der Waals surface area contributed by atoms with Crippen LogP contribution >= 0.6 is 0 Å². The van der Waals surface area contributed by atoms with E-state index in [2.05, 4.69) is 0 Å². The Kier molecular flexibility index (Phi) is 4.70. The molecule has 1 aliphatic rings. The van der Waals surface area contributed by atoms with E-state index in [-0.39, 0.29) is 18.5 Å². The number of hydrogen-bond donors (Lipinski definition) is 2. The van der Waals surface area contributed by atoms with Gasteiger partial charge in [0, 0.05) is 19.8 Å². The number of carboxylic acids is 1. The second-order valence-electron chi connectivity index (χ2n) is 3.98. The van der Waals surface area contributed by atoms with E-state index in [0.717, 1.165) is 12.8 Å². The first kappa shape index (κ1) is 12.9. The van der Waals surface area contributed by atoms with E-state index in [1.807, 2.05) is 0 Å². The standard InChI is InChI=1S/C10H18N2O4/c1-16-5-4-8(11)10(15)12(6-9(13)14)7-2-3-7/h7-8H,2-6,11H2,1H3,(H,13,14). The first-order chi connectivity index (χ1) is 7.56. The molecule has 0 bridgehead atoms. The monoisotopic (exact) mass is 230 g/mol. The van der Waals surface area contributed by atoms with E-state index in [1.165, 1.54) is 12.0 Å². The van der Waals surface area contributed by atoms with Gasteiger partial charge in [-0.15, -0.1) is 0 Å². The quantitative estimate of drug-likeness (QED) is 0.610. The molecule has 1 saturated carbocycles. The number of nitrogens with two attached hydrogens (primary N) is 1. The summed E-state index contributed by atoms with van der Waals surface area (Å²) in [4.78, 5) is 23.8. The van der Waals surface area contributed by atoms with Crippen molar-refractivity contribution >= 4 is 11.9 Å². The minimum absolute atomic E-state index is 0.0668. The van der Waals surface area contributed by atoms with Crippen molar-refractivity contribution < 1.29 is 19.4 Å². The smallest absolute Gasteiger partial charge is 0.323 e. The molecule has 0 aromatic carbocycles. The number of amides is 1. The number of nitrogens with zero attached hydrogens (tertiary/aromatic N) is 1. The van der Waals surface area contributed by atoms with E-state index < -0.39 is 12.0 Å². The minimum atomic E-state index is -1.00. The van der Waals surface area contributed by atoms with Crippen LogP contribution < -0.4 is 5.73 Å². The lowest BCUT2D eigenvalue weighted by molar-refractivity contribution is -0.145. The maximum atomic E-state index is 11.8. The second-order valence-corrected chi connectivity index (χ2v) is 3.98. The van der Waals surface area contributed by atoms with E-state index in [1.54, 1.807) is 0 Å². The van der Waals surface area contributed by atoms with Crippen LogP contribution in [0.5, 0.6) is 0 Å². The molecule has 92 valence electrons. The first-order valence-electron chi connectivity index (χ1n) is 5.33. The molecule has 1 fully saturated rings. The van der Waals surface area contributed by atoms with Crippen LogP contribution in [-0.2, 0) is 14.3 Å². The molecule has 6 nitrogen and oxygen atoms in total. The zero-order chi connectivity index (χ0) is 12.1. The number of carbonyl (C=O) groups is 2. The lowest BCUT2D eigenvalue weighted by Crippen LogP contribution is -2.47. The molecule has 0 aromatic heterocycles. The summed E-state index contributed by atoms with van der Waals surface area (Å²) < 4.78 is 4.83. The Morgan fingerprint density at radius 2 is 2.19 bits per heavy atom. The maximum absolute atomic E-state index is 11.8. The molecule has 1 amide bonds. The fourth-order valence-corrected chi connectivity index (χ4v) is 1.50. The summed E-state index contributed by atoms with van der Waals surface area (Å²) in [5.74, 6) is -1.29. The number of hydrogen-bond acceptors (Lipinski definition) is 4. The fourth-order valence-electron chi connectivity index (χ4n) is 1.50. The van der Waals surface area contributed by atoms with Crippen molar-refractivity contribution in [1.29, 1.82) is 0 Å². The van der Waals surface area contributed by atoms with Crippen molar-refractivity contribution in [3.63, 3.8) is 0 Å². The zero-order valence-electron chi connectivity index (χ0n) is 9.39. The van der Waals surface area contributed by atoms with Gasteiger partial charge in [0.2, 0.25) is 5.91 Å². The molecule has 1 rings (SSSR count). The lowest BCUT2D eigenvalue weighted by Gasteiger charge is -2.23. The SMILES string of the molecule is COCCC(N)C(=O)N(CC(=O)O)C1CC1. The molecule has 1 unspecified atom stereocenters. The average molecular weight is 230 g/mol. The topological polar surface area (TPSA) is 92.9 Å². The van der Waals surface area contributed by atoms with Crippen molar-refractivity contribution in [1.82, 2.24) is 4.90 Å². The van der Waals surface area contributed by atoms with Crippen LogP contribution in [-0.4, -0.2) is 54.2 Å². The Hall–Kier alpha value is -1.14. The Bertz CT molecular complexity index is 266. The minimum Gasteiger partial charge on any atom is -0.480 e. The Balaban J connectivity index is 2.49. The van der Waals surface area contributed by atoms with Gasteiger partial charge < -0.3 is 20.5 Å². The van der Waals surface area contributed by atoms with E-state index >= 15 is 0 Å². The summed E-state index contributed by atoms with van der Waals surface area (Å²) in [7, 11) is 1.53. The predicted molar refractivity (Wildman–Crippen MR) is 56.8 cm³/mol. The molecule has 0 radical (unpaired) electrons. The maximum Gasteiger partial charge on any atom is 0.323 e. The van der Waals surface area contributed by atoms with Gasteiger partial charge in [0.15, 0.2) is 0 Å². The normalized spacial score (nSPS) is 16.9. The van der Waals surface area contributed by atoms with Crippen LogP contribution in [0.4, 0.5) is 0 Å². The van der Waals surface area contributed by atoms with Crippen LogP contribution in [0.2, 0.25) is 0 Å². The number of rotatable bonds is 7. The molecule has 1 aliphatic carbocycles. The van der Waals surface area contributed by atoms with Crippen LogP contribution in [0.15, 0.2) is 0 Å². The summed E-state index contributed by atoms with van der Waals surface area (Å²) >= 11 is 0. The Morgan fingerprint density at radius 1 is 1.56 bits per heavy atom. The van der Waals surface area contributed by atoms with Gasteiger partial charge in [-0.3, -0.25) is 9.59 Å². The summed E-state index contributed by atoms with van der Waals surface area (Å²) in [6, 6.07) is -0.600.